The van der Waals surface area contributed by atoms with Crippen molar-refractivity contribution in [2.24, 2.45) is 0 Å². The summed E-state index contributed by atoms with van der Waals surface area (Å²) in [6.07, 6.45) is -3.48. The first-order valence-corrected chi connectivity index (χ1v) is 10.4. The molecule has 0 heterocycles. The Kier molecular flexibility index (Phi) is 7.91. The van der Waals surface area contributed by atoms with Gasteiger partial charge in [0.1, 0.15) is 23.1 Å². The molecule has 3 aromatic rings. The zero-order valence-corrected chi connectivity index (χ0v) is 18.7. The molecule has 0 aliphatic rings. The van der Waals surface area contributed by atoms with Crippen LogP contribution < -0.4 is 14.8 Å². The Balaban J connectivity index is 1.81. The van der Waals surface area contributed by atoms with Crippen molar-refractivity contribution in [1.29, 1.82) is 5.26 Å². The molecule has 8 nitrogen and oxygen atoms in total. The van der Waals surface area contributed by atoms with Gasteiger partial charge < -0.3 is 14.8 Å². The molecule has 184 valence electrons. The molecular weight excluding hydrogens is 479 g/mol. The topological polar surface area (TPSA) is 114 Å². The maximum Gasteiger partial charge on any atom is 0.416 e. The summed E-state index contributed by atoms with van der Waals surface area (Å²) in [5, 5.41) is 23.3. The quantitative estimate of drug-likeness (QED) is 0.168. The number of ether oxygens (including phenoxy) is 2. The van der Waals surface area contributed by atoms with E-state index in [0.717, 1.165) is 6.07 Å². The number of nitriles is 1. The minimum absolute atomic E-state index is 0.0517. The molecule has 1 amide bonds. The molecule has 11 heteroatoms. The molecule has 0 radical (unpaired) electrons. The van der Waals surface area contributed by atoms with E-state index in [1.165, 1.54) is 24.3 Å². The fourth-order valence-corrected chi connectivity index (χ4v) is 3.03. The van der Waals surface area contributed by atoms with Crippen LogP contribution in [0.25, 0.3) is 6.08 Å². The Morgan fingerprint density at radius 3 is 2.44 bits per heavy atom. The number of alkyl halides is 3. The zero-order valence-electron chi connectivity index (χ0n) is 18.7. The monoisotopic (exact) mass is 497 g/mol. The minimum Gasteiger partial charge on any atom is -0.494 e. The van der Waals surface area contributed by atoms with Gasteiger partial charge in [0.25, 0.3) is 5.91 Å². The molecule has 0 aromatic heterocycles. The minimum atomic E-state index is -4.76. The summed E-state index contributed by atoms with van der Waals surface area (Å²) in [5.74, 6) is -0.401. The molecule has 0 aliphatic heterocycles. The highest BCUT2D eigenvalue weighted by molar-refractivity contribution is 6.09. The van der Waals surface area contributed by atoms with Crippen LogP contribution in [-0.4, -0.2) is 17.4 Å². The molecule has 0 atom stereocenters. The van der Waals surface area contributed by atoms with Gasteiger partial charge in [-0.05, 0) is 67.1 Å². The summed E-state index contributed by atoms with van der Waals surface area (Å²) >= 11 is 0. The Morgan fingerprint density at radius 1 is 1.11 bits per heavy atom. The van der Waals surface area contributed by atoms with E-state index in [1.54, 1.807) is 36.4 Å². The van der Waals surface area contributed by atoms with Crippen molar-refractivity contribution >= 4 is 23.4 Å². The second-order valence-corrected chi connectivity index (χ2v) is 7.19. The molecule has 0 bridgehead atoms. The van der Waals surface area contributed by atoms with Gasteiger partial charge in [-0.25, -0.2) is 0 Å². The van der Waals surface area contributed by atoms with Crippen LogP contribution in [-0.2, 0) is 11.0 Å². The van der Waals surface area contributed by atoms with Crippen molar-refractivity contribution in [3.63, 3.8) is 0 Å². The molecule has 0 fully saturated rings. The third kappa shape index (κ3) is 6.60. The lowest BCUT2D eigenvalue weighted by Crippen LogP contribution is -2.13. The first-order chi connectivity index (χ1) is 17.1. The zero-order chi connectivity index (χ0) is 26.3. The molecular formula is C25H18F3N3O5. The maximum absolute atomic E-state index is 12.9. The number of amides is 1. The standard InChI is InChI=1S/C25H18F3N3O5/c1-2-35-20-9-7-19(8-10-20)30-24(32)17(15-29)12-16-4-3-5-21(13-16)36-23-11-6-18(25(26,27)28)14-22(23)31(33)34/h3-14H,2H2,1H3,(H,30,32)/b17-12-. The molecule has 36 heavy (non-hydrogen) atoms. The lowest BCUT2D eigenvalue weighted by molar-refractivity contribution is -0.385. The van der Waals surface area contributed by atoms with Crippen LogP contribution in [0, 0.1) is 21.4 Å². The lowest BCUT2D eigenvalue weighted by Gasteiger charge is -2.10. The largest absolute Gasteiger partial charge is 0.494 e. The number of halogens is 3. The van der Waals surface area contributed by atoms with Gasteiger partial charge in [-0.3, -0.25) is 14.9 Å². The van der Waals surface area contributed by atoms with E-state index in [1.807, 2.05) is 6.92 Å². The first kappa shape index (κ1) is 25.8. The van der Waals surface area contributed by atoms with Crippen molar-refractivity contribution < 1.29 is 32.4 Å². The van der Waals surface area contributed by atoms with Crippen molar-refractivity contribution in [3.05, 3.63) is 93.5 Å². The van der Waals surface area contributed by atoms with Gasteiger partial charge in [0.2, 0.25) is 5.75 Å². The predicted molar refractivity (Wildman–Crippen MR) is 124 cm³/mol. The first-order valence-electron chi connectivity index (χ1n) is 10.4. The Hall–Kier alpha value is -4.85. The summed E-state index contributed by atoms with van der Waals surface area (Å²) in [6.45, 7) is 2.33. The number of anilines is 1. The number of hydrogen-bond acceptors (Lipinski definition) is 6. The second kappa shape index (κ2) is 11.1. The number of benzene rings is 3. The number of carbonyl (C=O) groups is 1. The molecule has 3 aromatic carbocycles. The highest BCUT2D eigenvalue weighted by Crippen LogP contribution is 2.38. The lowest BCUT2D eigenvalue weighted by atomic mass is 10.1. The van der Waals surface area contributed by atoms with Crippen molar-refractivity contribution in [3.8, 4) is 23.3 Å². The van der Waals surface area contributed by atoms with E-state index in [9.17, 15) is 33.3 Å². The smallest absolute Gasteiger partial charge is 0.416 e. The van der Waals surface area contributed by atoms with Crippen molar-refractivity contribution in [2.45, 2.75) is 13.1 Å². The number of nitro benzene ring substituents is 1. The van der Waals surface area contributed by atoms with Gasteiger partial charge >= 0.3 is 11.9 Å². The maximum atomic E-state index is 12.9. The number of rotatable bonds is 8. The van der Waals surface area contributed by atoms with Gasteiger partial charge in [-0.2, -0.15) is 18.4 Å². The molecule has 0 saturated carbocycles. The highest BCUT2D eigenvalue weighted by Gasteiger charge is 2.33. The molecule has 1 N–H and O–H groups in total. The molecule has 0 saturated heterocycles. The third-order valence-corrected chi connectivity index (χ3v) is 4.67. The van der Waals surface area contributed by atoms with Crippen LogP contribution in [0.2, 0.25) is 0 Å². The van der Waals surface area contributed by atoms with E-state index in [4.69, 9.17) is 9.47 Å². The van der Waals surface area contributed by atoms with Crippen LogP contribution in [0.5, 0.6) is 17.2 Å². The van der Waals surface area contributed by atoms with Crippen LogP contribution in [0.1, 0.15) is 18.1 Å². The summed E-state index contributed by atoms with van der Waals surface area (Å²) in [4.78, 5) is 22.8. The highest BCUT2D eigenvalue weighted by atomic mass is 19.4. The Labute approximate surface area is 203 Å². The molecule has 0 spiro atoms. The van der Waals surface area contributed by atoms with Crippen LogP contribution in [0.3, 0.4) is 0 Å². The van der Waals surface area contributed by atoms with Gasteiger partial charge in [0.05, 0.1) is 17.1 Å². The molecule has 0 unspecified atom stereocenters. The Morgan fingerprint density at radius 2 is 1.83 bits per heavy atom. The third-order valence-electron chi connectivity index (χ3n) is 4.67. The van der Waals surface area contributed by atoms with E-state index >= 15 is 0 Å². The molecule has 3 rings (SSSR count). The summed E-state index contributed by atoms with van der Waals surface area (Å²) in [5.41, 5.74) is -1.49. The van der Waals surface area contributed by atoms with E-state index in [0.29, 0.717) is 35.7 Å². The number of nitrogens with zero attached hydrogens (tertiary/aromatic N) is 2. The number of carbonyl (C=O) groups excluding carboxylic acids is 1. The van der Waals surface area contributed by atoms with E-state index in [-0.39, 0.29) is 11.3 Å². The van der Waals surface area contributed by atoms with Crippen LogP contribution in [0.15, 0.2) is 72.3 Å². The number of nitrogens with one attached hydrogen (secondary N) is 1. The normalized spacial score (nSPS) is 11.4. The summed E-state index contributed by atoms with van der Waals surface area (Å²) in [6, 6.07) is 16.1. The fraction of sp³-hybridized carbons (Fsp3) is 0.120. The van der Waals surface area contributed by atoms with E-state index in [2.05, 4.69) is 5.32 Å². The predicted octanol–water partition coefficient (Wildman–Crippen LogP) is 6.35. The van der Waals surface area contributed by atoms with Gasteiger partial charge in [0, 0.05) is 11.8 Å². The van der Waals surface area contributed by atoms with Gasteiger partial charge in [0.15, 0.2) is 0 Å². The second-order valence-electron chi connectivity index (χ2n) is 7.19. The SMILES string of the molecule is CCOc1ccc(NC(=O)/C(C#N)=C\c2cccc(Oc3ccc(C(F)(F)F)cc3[N+](=O)[O-])c2)cc1. The van der Waals surface area contributed by atoms with Crippen molar-refractivity contribution in [1.82, 2.24) is 0 Å². The van der Waals surface area contributed by atoms with Gasteiger partial charge in [-0.1, -0.05) is 12.1 Å². The van der Waals surface area contributed by atoms with Gasteiger partial charge in [-0.15, -0.1) is 0 Å². The van der Waals surface area contributed by atoms with Crippen LogP contribution >= 0.6 is 0 Å². The average Bonchev–Trinajstić information content (AvgIpc) is 2.83. The average molecular weight is 497 g/mol. The van der Waals surface area contributed by atoms with Crippen molar-refractivity contribution in [2.75, 3.05) is 11.9 Å². The fourth-order valence-electron chi connectivity index (χ4n) is 3.03. The number of hydrogen-bond donors (Lipinski definition) is 1. The Bertz CT molecular complexity index is 1350. The summed E-state index contributed by atoms with van der Waals surface area (Å²) < 4.78 is 49.5. The summed E-state index contributed by atoms with van der Waals surface area (Å²) in [7, 11) is 0. The number of nitro groups is 1. The van der Waals surface area contributed by atoms with E-state index < -0.39 is 34.0 Å². The van der Waals surface area contributed by atoms with Crippen LogP contribution in [0.4, 0.5) is 24.5 Å². The molecule has 0 aliphatic carbocycles.